The highest BCUT2D eigenvalue weighted by atomic mass is 16.6. The van der Waals surface area contributed by atoms with Crippen molar-refractivity contribution in [3.8, 4) is 5.75 Å². The fourth-order valence-electron chi connectivity index (χ4n) is 3.18. The van der Waals surface area contributed by atoms with Crippen LogP contribution in [0.2, 0.25) is 0 Å². The maximum atomic E-state index is 11.8. The molecule has 1 amide bonds. The van der Waals surface area contributed by atoms with Crippen LogP contribution in [-0.4, -0.2) is 52.8 Å². The monoisotopic (exact) mass is 399 g/mol. The first-order valence-electron chi connectivity index (χ1n) is 10.1. The third-order valence-electron chi connectivity index (χ3n) is 4.52. The molecular weight excluding hydrogens is 370 g/mol. The van der Waals surface area contributed by atoms with E-state index in [0.717, 1.165) is 30.1 Å². The van der Waals surface area contributed by atoms with Crippen LogP contribution in [0.4, 0.5) is 22.2 Å². The van der Waals surface area contributed by atoms with Gasteiger partial charge in [-0.25, -0.2) is 9.78 Å². The first-order valence-corrected chi connectivity index (χ1v) is 10.1. The molecule has 1 aromatic carbocycles. The lowest BCUT2D eigenvalue weighted by molar-refractivity contribution is 0.0983. The third-order valence-corrected chi connectivity index (χ3v) is 4.52. The summed E-state index contributed by atoms with van der Waals surface area (Å²) >= 11 is 0. The van der Waals surface area contributed by atoms with Crippen molar-refractivity contribution in [2.24, 2.45) is 0 Å². The summed E-state index contributed by atoms with van der Waals surface area (Å²) in [5.41, 5.74) is 0.820. The number of amides is 1. The number of likely N-dealkylation sites (tertiary alicyclic amines) is 1. The van der Waals surface area contributed by atoms with Gasteiger partial charge in [-0.3, -0.25) is 0 Å². The van der Waals surface area contributed by atoms with Gasteiger partial charge >= 0.3 is 6.09 Å². The molecule has 1 aliphatic rings. The van der Waals surface area contributed by atoms with E-state index in [-0.39, 0.29) is 18.2 Å². The summed E-state index contributed by atoms with van der Waals surface area (Å²) in [6.07, 6.45) is 3.25. The van der Waals surface area contributed by atoms with Crippen LogP contribution in [0.25, 0.3) is 0 Å². The van der Waals surface area contributed by atoms with Crippen molar-refractivity contribution in [2.45, 2.75) is 45.8 Å². The summed E-state index contributed by atoms with van der Waals surface area (Å²) in [5, 5.41) is 6.68. The minimum absolute atomic E-state index is 0.0762. The van der Waals surface area contributed by atoms with Gasteiger partial charge in [0.25, 0.3) is 0 Å². The number of ether oxygens (including phenoxy) is 2. The Balaban J connectivity index is 1.59. The molecule has 8 heteroatoms. The number of piperidine rings is 1. The molecule has 156 valence electrons. The van der Waals surface area contributed by atoms with E-state index >= 15 is 0 Å². The molecule has 0 bridgehead atoms. The van der Waals surface area contributed by atoms with Gasteiger partial charge < -0.3 is 25.0 Å². The Kier molecular flexibility index (Phi) is 7.10. The van der Waals surface area contributed by atoms with Crippen LogP contribution < -0.4 is 15.4 Å². The van der Waals surface area contributed by atoms with Crippen molar-refractivity contribution in [1.29, 1.82) is 0 Å². The Labute approximate surface area is 171 Å². The van der Waals surface area contributed by atoms with Crippen molar-refractivity contribution in [2.75, 3.05) is 30.3 Å². The summed E-state index contributed by atoms with van der Waals surface area (Å²) in [6, 6.07) is 9.83. The molecule has 8 nitrogen and oxygen atoms in total. The van der Waals surface area contributed by atoms with Crippen LogP contribution in [-0.2, 0) is 4.74 Å². The molecule has 0 aliphatic carbocycles. The number of nitrogens with one attached hydrogen (secondary N) is 2. The van der Waals surface area contributed by atoms with E-state index in [4.69, 9.17) is 9.47 Å². The lowest BCUT2D eigenvalue weighted by Crippen LogP contribution is -2.42. The molecule has 1 aliphatic heterocycles. The van der Waals surface area contributed by atoms with Crippen LogP contribution in [0.1, 0.15) is 33.6 Å². The molecule has 29 heavy (non-hydrogen) atoms. The molecule has 1 aromatic heterocycles. The molecule has 1 fully saturated rings. The predicted molar refractivity (Wildman–Crippen MR) is 113 cm³/mol. The fraction of sp³-hybridized carbons (Fsp3) is 0.476. The Morgan fingerprint density at radius 1 is 1.24 bits per heavy atom. The van der Waals surface area contributed by atoms with Crippen molar-refractivity contribution >= 4 is 23.5 Å². The lowest BCUT2D eigenvalue weighted by Gasteiger charge is -2.31. The van der Waals surface area contributed by atoms with Gasteiger partial charge in [0.1, 0.15) is 11.6 Å². The van der Waals surface area contributed by atoms with Gasteiger partial charge in [-0.05, 0) is 51.8 Å². The van der Waals surface area contributed by atoms with Gasteiger partial charge in [-0.1, -0.05) is 12.1 Å². The average Bonchev–Trinajstić information content (AvgIpc) is 2.70. The highest BCUT2D eigenvalue weighted by Gasteiger charge is 2.23. The maximum absolute atomic E-state index is 11.8. The van der Waals surface area contributed by atoms with E-state index in [2.05, 4.69) is 20.6 Å². The number of anilines is 3. The van der Waals surface area contributed by atoms with Gasteiger partial charge in [0.2, 0.25) is 5.95 Å². The standard InChI is InChI=1S/C21H29N5O3/c1-4-28-21(27)26-13-10-16(11-14-26)23-19-9-12-22-20(25-19)24-17-7-5-6-8-18(17)29-15(2)3/h5-9,12,15-16H,4,10-11,13-14H2,1-3H3,(H2,22,23,24,25). The number of carbonyl (C=O) groups is 1. The Hall–Kier alpha value is -3.03. The second kappa shape index (κ2) is 9.95. The third kappa shape index (κ3) is 5.97. The molecule has 2 heterocycles. The summed E-state index contributed by atoms with van der Waals surface area (Å²) in [7, 11) is 0. The summed E-state index contributed by atoms with van der Waals surface area (Å²) in [5.74, 6) is 2.01. The number of hydrogen-bond acceptors (Lipinski definition) is 7. The average molecular weight is 399 g/mol. The zero-order valence-corrected chi connectivity index (χ0v) is 17.2. The van der Waals surface area contributed by atoms with Crippen molar-refractivity contribution in [1.82, 2.24) is 14.9 Å². The molecule has 1 saturated heterocycles. The predicted octanol–water partition coefficient (Wildman–Crippen LogP) is 4.04. The molecule has 0 atom stereocenters. The van der Waals surface area contributed by atoms with Crippen molar-refractivity contribution in [3.63, 3.8) is 0 Å². The first kappa shape index (κ1) is 20.7. The zero-order chi connectivity index (χ0) is 20.6. The topological polar surface area (TPSA) is 88.6 Å². The largest absolute Gasteiger partial charge is 0.489 e. The van der Waals surface area contributed by atoms with Crippen LogP contribution in [0.3, 0.4) is 0 Å². The molecule has 0 saturated carbocycles. The van der Waals surface area contributed by atoms with E-state index in [9.17, 15) is 4.79 Å². The quantitative estimate of drug-likeness (QED) is 0.726. The highest BCUT2D eigenvalue weighted by Crippen LogP contribution is 2.27. The Morgan fingerprint density at radius 3 is 2.72 bits per heavy atom. The van der Waals surface area contributed by atoms with E-state index < -0.39 is 0 Å². The summed E-state index contributed by atoms with van der Waals surface area (Å²) < 4.78 is 10.9. The number of carbonyl (C=O) groups excluding carboxylic acids is 1. The van der Waals surface area contributed by atoms with Gasteiger partial charge in [-0.2, -0.15) is 4.98 Å². The van der Waals surface area contributed by atoms with Crippen molar-refractivity contribution in [3.05, 3.63) is 36.5 Å². The Morgan fingerprint density at radius 2 is 2.00 bits per heavy atom. The number of benzene rings is 1. The lowest BCUT2D eigenvalue weighted by atomic mass is 10.1. The van der Waals surface area contributed by atoms with E-state index in [0.29, 0.717) is 25.6 Å². The summed E-state index contributed by atoms with van der Waals surface area (Å²) in [4.78, 5) is 22.5. The van der Waals surface area contributed by atoms with Crippen LogP contribution >= 0.6 is 0 Å². The van der Waals surface area contributed by atoms with Crippen LogP contribution in [0.5, 0.6) is 5.75 Å². The van der Waals surface area contributed by atoms with Crippen molar-refractivity contribution < 1.29 is 14.3 Å². The molecule has 3 rings (SSSR count). The van der Waals surface area contributed by atoms with Gasteiger partial charge in [0.05, 0.1) is 18.4 Å². The summed E-state index contributed by atoms with van der Waals surface area (Å²) in [6.45, 7) is 7.55. The number of rotatable bonds is 7. The van der Waals surface area contributed by atoms with Gasteiger partial charge in [-0.15, -0.1) is 0 Å². The van der Waals surface area contributed by atoms with Gasteiger partial charge in [0.15, 0.2) is 0 Å². The Bertz CT molecular complexity index is 806. The molecule has 2 aromatic rings. The number of aromatic nitrogens is 2. The minimum atomic E-state index is -0.234. The maximum Gasteiger partial charge on any atom is 0.409 e. The van der Waals surface area contributed by atoms with E-state index in [1.165, 1.54) is 0 Å². The molecular formula is C21H29N5O3. The van der Waals surface area contributed by atoms with Crippen LogP contribution in [0.15, 0.2) is 36.5 Å². The first-order chi connectivity index (χ1) is 14.0. The molecule has 0 unspecified atom stereocenters. The SMILES string of the molecule is CCOC(=O)N1CCC(Nc2ccnc(Nc3ccccc3OC(C)C)n2)CC1. The van der Waals surface area contributed by atoms with Crippen LogP contribution in [0, 0.1) is 0 Å². The van der Waals surface area contributed by atoms with Gasteiger partial charge in [0, 0.05) is 25.3 Å². The van der Waals surface area contributed by atoms with E-state index in [1.807, 2.05) is 51.1 Å². The fourth-order valence-corrected chi connectivity index (χ4v) is 3.18. The molecule has 0 radical (unpaired) electrons. The second-order valence-corrected chi connectivity index (χ2v) is 7.16. The highest BCUT2D eigenvalue weighted by molar-refractivity contribution is 5.67. The molecule has 0 spiro atoms. The number of para-hydroxylation sites is 2. The minimum Gasteiger partial charge on any atom is -0.489 e. The zero-order valence-electron chi connectivity index (χ0n) is 17.2. The van der Waals surface area contributed by atoms with E-state index in [1.54, 1.807) is 11.1 Å². The smallest absolute Gasteiger partial charge is 0.409 e. The molecule has 2 N–H and O–H groups in total. The number of hydrogen-bond donors (Lipinski definition) is 2. The number of nitrogens with zero attached hydrogens (tertiary/aromatic N) is 3. The normalized spacial score (nSPS) is 14.6. The second-order valence-electron chi connectivity index (χ2n) is 7.16.